The zero-order chi connectivity index (χ0) is 25.2. The Morgan fingerprint density at radius 2 is 1.92 bits per heavy atom. The predicted octanol–water partition coefficient (Wildman–Crippen LogP) is 3.76. The highest BCUT2D eigenvalue weighted by Crippen LogP contribution is 2.32. The van der Waals surface area contributed by atoms with Crippen molar-refractivity contribution in [2.24, 2.45) is 0 Å². The Morgan fingerprint density at radius 3 is 2.65 bits per heavy atom. The molecule has 0 bridgehead atoms. The van der Waals surface area contributed by atoms with Gasteiger partial charge in [0, 0.05) is 43.8 Å². The number of nitrogens with one attached hydrogen (secondary N) is 2. The van der Waals surface area contributed by atoms with Gasteiger partial charge in [0.25, 0.3) is 5.56 Å². The topological polar surface area (TPSA) is 101 Å². The Bertz CT molecular complexity index is 1520. The molecular formula is C28H29N7O2. The highest BCUT2D eigenvalue weighted by Gasteiger charge is 2.24. The van der Waals surface area contributed by atoms with Crippen LogP contribution in [0.5, 0.6) is 0 Å². The summed E-state index contributed by atoms with van der Waals surface area (Å²) in [5.74, 6) is 7.63. The Kier molecular flexibility index (Phi) is 6.33. The molecule has 2 fully saturated rings. The third-order valence-corrected chi connectivity index (χ3v) is 7.20. The first-order valence-corrected chi connectivity index (χ1v) is 12.8. The SMILES string of the molecule is Cc1c(C#Cc2ccco2)c(=O)n(C2CCCC2)c2nc(Nc3ccc(N4CCNCC4)cn3)ncc12. The van der Waals surface area contributed by atoms with Gasteiger partial charge in [-0.05, 0) is 55.5 Å². The van der Waals surface area contributed by atoms with Crippen LogP contribution in [0.1, 0.15) is 48.6 Å². The third kappa shape index (κ3) is 4.68. The largest absolute Gasteiger partial charge is 0.456 e. The number of aromatic nitrogens is 4. The first-order valence-electron chi connectivity index (χ1n) is 12.8. The van der Waals surface area contributed by atoms with Gasteiger partial charge in [0.2, 0.25) is 5.95 Å². The first kappa shape index (κ1) is 23.3. The zero-order valence-corrected chi connectivity index (χ0v) is 20.8. The molecule has 0 atom stereocenters. The summed E-state index contributed by atoms with van der Waals surface area (Å²) in [6, 6.07) is 7.66. The molecule has 0 spiro atoms. The fourth-order valence-corrected chi connectivity index (χ4v) is 5.20. The number of hydrogen-bond donors (Lipinski definition) is 2. The molecule has 9 heteroatoms. The van der Waals surface area contributed by atoms with Gasteiger partial charge in [0.05, 0.1) is 23.7 Å². The first-order chi connectivity index (χ1) is 18.2. The molecule has 0 aromatic carbocycles. The van der Waals surface area contributed by atoms with E-state index in [0.717, 1.165) is 68.5 Å². The van der Waals surface area contributed by atoms with E-state index in [1.807, 2.05) is 23.8 Å². The molecule has 4 aromatic rings. The minimum absolute atomic E-state index is 0.0963. The van der Waals surface area contributed by atoms with Gasteiger partial charge in [-0.1, -0.05) is 18.8 Å². The van der Waals surface area contributed by atoms with E-state index in [2.05, 4.69) is 43.4 Å². The van der Waals surface area contributed by atoms with Crippen LogP contribution in [-0.2, 0) is 0 Å². The van der Waals surface area contributed by atoms with Crippen LogP contribution < -0.4 is 21.1 Å². The maximum absolute atomic E-state index is 13.7. The number of rotatable bonds is 4. The molecule has 4 aromatic heterocycles. The molecule has 1 saturated heterocycles. The molecule has 37 heavy (non-hydrogen) atoms. The van der Waals surface area contributed by atoms with Crippen molar-refractivity contribution in [3.05, 3.63) is 70.2 Å². The van der Waals surface area contributed by atoms with E-state index in [0.29, 0.717) is 28.7 Å². The summed E-state index contributed by atoms with van der Waals surface area (Å²) in [5, 5.41) is 7.41. The van der Waals surface area contributed by atoms with Gasteiger partial charge in [-0.3, -0.25) is 9.36 Å². The molecule has 9 nitrogen and oxygen atoms in total. The second-order valence-corrected chi connectivity index (χ2v) is 9.54. The van der Waals surface area contributed by atoms with Gasteiger partial charge < -0.3 is 20.0 Å². The lowest BCUT2D eigenvalue weighted by atomic mass is 10.1. The van der Waals surface area contributed by atoms with Crippen LogP contribution in [0.2, 0.25) is 0 Å². The van der Waals surface area contributed by atoms with Crippen LogP contribution >= 0.6 is 0 Å². The van der Waals surface area contributed by atoms with E-state index in [1.54, 1.807) is 24.6 Å². The lowest BCUT2D eigenvalue weighted by Crippen LogP contribution is -2.43. The van der Waals surface area contributed by atoms with Crippen LogP contribution in [0.15, 0.2) is 52.1 Å². The fourth-order valence-electron chi connectivity index (χ4n) is 5.20. The van der Waals surface area contributed by atoms with E-state index in [1.165, 1.54) is 0 Å². The van der Waals surface area contributed by atoms with Crippen molar-refractivity contribution < 1.29 is 4.42 Å². The quantitative estimate of drug-likeness (QED) is 0.413. The van der Waals surface area contributed by atoms with Crippen LogP contribution in [0.3, 0.4) is 0 Å². The van der Waals surface area contributed by atoms with E-state index in [4.69, 9.17) is 9.40 Å². The summed E-state index contributed by atoms with van der Waals surface area (Å²) >= 11 is 0. The molecule has 5 heterocycles. The molecule has 2 N–H and O–H groups in total. The van der Waals surface area contributed by atoms with Crippen molar-refractivity contribution in [3.63, 3.8) is 0 Å². The minimum Gasteiger partial charge on any atom is -0.456 e. The Balaban J connectivity index is 1.37. The smallest absolute Gasteiger partial charge is 0.268 e. The minimum atomic E-state index is -0.112. The van der Waals surface area contributed by atoms with Crippen molar-refractivity contribution in [3.8, 4) is 11.8 Å². The predicted molar refractivity (Wildman–Crippen MR) is 143 cm³/mol. The maximum atomic E-state index is 13.7. The summed E-state index contributed by atoms with van der Waals surface area (Å²) < 4.78 is 7.17. The highest BCUT2D eigenvalue weighted by molar-refractivity contribution is 5.82. The average molecular weight is 496 g/mol. The van der Waals surface area contributed by atoms with Crippen LogP contribution in [0.4, 0.5) is 17.5 Å². The Morgan fingerprint density at radius 1 is 1.08 bits per heavy atom. The van der Waals surface area contributed by atoms with Gasteiger partial charge in [-0.15, -0.1) is 0 Å². The van der Waals surface area contributed by atoms with E-state index in [9.17, 15) is 4.79 Å². The average Bonchev–Trinajstić information content (AvgIpc) is 3.65. The highest BCUT2D eigenvalue weighted by atomic mass is 16.3. The number of aryl methyl sites for hydroxylation is 1. The second-order valence-electron chi connectivity index (χ2n) is 9.54. The molecule has 6 rings (SSSR count). The van der Waals surface area contributed by atoms with E-state index >= 15 is 0 Å². The van der Waals surface area contributed by atoms with Crippen molar-refractivity contribution in [2.75, 3.05) is 36.4 Å². The standard InChI is InChI=1S/C28H29N7O2/c1-19-23(10-9-22-7-4-16-37-22)27(36)35(20-5-2-3-6-20)26-24(19)18-31-28(33-26)32-25-11-8-21(17-30-25)34-14-12-29-13-15-34/h4,7-8,11,16-18,20,29H,2-3,5-6,12-15H2,1H3,(H,30,31,32,33). The number of fused-ring (bicyclic) bond motifs is 1. The number of hydrogen-bond acceptors (Lipinski definition) is 8. The van der Waals surface area contributed by atoms with Crippen molar-refractivity contribution in [1.82, 2.24) is 24.8 Å². The van der Waals surface area contributed by atoms with Crippen molar-refractivity contribution in [2.45, 2.75) is 38.6 Å². The molecule has 0 unspecified atom stereocenters. The number of furan rings is 1. The maximum Gasteiger partial charge on any atom is 0.268 e. The molecule has 1 saturated carbocycles. The molecule has 1 aliphatic carbocycles. The molecule has 1 aliphatic heterocycles. The number of pyridine rings is 2. The summed E-state index contributed by atoms with van der Waals surface area (Å²) in [4.78, 5) is 30.0. The third-order valence-electron chi connectivity index (χ3n) is 7.20. The monoisotopic (exact) mass is 495 g/mol. The normalized spacial score (nSPS) is 16.1. The van der Waals surface area contributed by atoms with Crippen LogP contribution in [0, 0.1) is 18.8 Å². The number of piperazine rings is 1. The fraction of sp³-hybridized carbons (Fsp3) is 0.357. The molecular weight excluding hydrogens is 466 g/mol. The molecule has 188 valence electrons. The molecule has 0 radical (unpaired) electrons. The van der Waals surface area contributed by atoms with Gasteiger partial charge in [-0.25, -0.2) is 9.97 Å². The summed E-state index contributed by atoms with van der Waals surface area (Å²) in [6.07, 6.45) is 9.31. The summed E-state index contributed by atoms with van der Waals surface area (Å²) in [7, 11) is 0. The second kappa shape index (κ2) is 10.1. The summed E-state index contributed by atoms with van der Waals surface area (Å²) in [5.41, 5.74) is 2.86. The number of nitrogens with zero attached hydrogens (tertiary/aromatic N) is 5. The van der Waals surface area contributed by atoms with Crippen molar-refractivity contribution in [1.29, 1.82) is 0 Å². The number of anilines is 3. The molecule has 0 amide bonds. The summed E-state index contributed by atoms with van der Waals surface area (Å²) in [6.45, 7) is 5.79. The van der Waals surface area contributed by atoms with Crippen molar-refractivity contribution >= 4 is 28.5 Å². The van der Waals surface area contributed by atoms with Gasteiger partial charge in [0.1, 0.15) is 11.5 Å². The van der Waals surface area contributed by atoms with E-state index in [-0.39, 0.29) is 11.6 Å². The lowest BCUT2D eigenvalue weighted by molar-refractivity contribution is 0.515. The van der Waals surface area contributed by atoms with Crippen LogP contribution in [0.25, 0.3) is 11.0 Å². The van der Waals surface area contributed by atoms with Gasteiger partial charge in [0.15, 0.2) is 5.76 Å². The van der Waals surface area contributed by atoms with E-state index < -0.39 is 0 Å². The lowest BCUT2D eigenvalue weighted by Gasteiger charge is -2.29. The van der Waals surface area contributed by atoms with Crippen LogP contribution in [-0.4, -0.2) is 45.7 Å². The Labute approximate surface area is 214 Å². The Hall–Kier alpha value is -4.16. The van der Waals surface area contributed by atoms with Gasteiger partial charge >= 0.3 is 0 Å². The van der Waals surface area contributed by atoms with Gasteiger partial charge in [-0.2, -0.15) is 4.98 Å². The molecule has 2 aliphatic rings. The zero-order valence-electron chi connectivity index (χ0n) is 20.8.